The van der Waals surface area contributed by atoms with Gasteiger partial charge in [0.25, 0.3) is 6.47 Å². The molecule has 1 saturated heterocycles. The quantitative estimate of drug-likeness (QED) is 0.426. The number of β-lactam (4-membered cyclic amide) rings is 1. The zero-order valence-corrected chi connectivity index (χ0v) is 11.2. The van der Waals surface area contributed by atoms with Crippen molar-refractivity contribution in [3.8, 4) is 0 Å². The van der Waals surface area contributed by atoms with Crippen LogP contribution in [-0.4, -0.2) is 36.8 Å². The van der Waals surface area contributed by atoms with Crippen molar-refractivity contribution in [2.45, 2.75) is 45.3 Å². The van der Waals surface area contributed by atoms with Crippen molar-refractivity contribution in [1.29, 1.82) is 0 Å². The van der Waals surface area contributed by atoms with E-state index in [0.717, 1.165) is 13.0 Å². The number of hydrogen-bond donors (Lipinski definition) is 1. The van der Waals surface area contributed by atoms with Crippen LogP contribution in [0.25, 0.3) is 0 Å². The van der Waals surface area contributed by atoms with Gasteiger partial charge >= 0.3 is 0 Å². The highest BCUT2D eigenvalue weighted by molar-refractivity contribution is 6.79. The van der Waals surface area contributed by atoms with Crippen molar-refractivity contribution in [3.05, 3.63) is 0 Å². The lowest BCUT2D eigenvalue weighted by atomic mass is 10.2. The van der Waals surface area contributed by atoms with E-state index in [1.165, 1.54) is 0 Å². The van der Waals surface area contributed by atoms with Crippen LogP contribution in [0.1, 0.15) is 27.2 Å². The molecule has 1 amide bonds. The lowest BCUT2D eigenvalue weighted by molar-refractivity contribution is -0.134. The van der Waals surface area contributed by atoms with Crippen LogP contribution in [0.2, 0.25) is 18.1 Å². The van der Waals surface area contributed by atoms with E-state index in [1.54, 1.807) is 0 Å². The monoisotopic (exact) mass is 231 g/mol. The molecule has 0 aromatic carbocycles. The smallest absolute Gasteiger partial charge is 0.290 e. The summed E-state index contributed by atoms with van der Waals surface area (Å²) in [4.78, 5) is 19.6. The van der Waals surface area contributed by atoms with E-state index in [4.69, 9.17) is 9.90 Å². The first kappa shape index (κ1) is 14.2. The standard InChI is InChI=1S/C9H19NOSi.CH2O2/c1-9(2,3)12(4,5)10-7-6-8(10)11;2-1-3/h6-7H2,1-5H3;1H,(H,2,3). The fourth-order valence-corrected chi connectivity index (χ4v) is 3.53. The maximum Gasteiger partial charge on any atom is 0.290 e. The molecule has 1 heterocycles. The van der Waals surface area contributed by atoms with Gasteiger partial charge in [0.1, 0.15) is 0 Å². The van der Waals surface area contributed by atoms with Gasteiger partial charge in [-0.1, -0.05) is 33.9 Å². The first-order chi connectivity index (χ1) is 6.68. The Kier molecular flexibility index (Phi) is 4.52. The summed E-state index contributed by atoms with van der Waals surface area (Å²) in [6.45, 7) is 12.0. The summed E-state index contributed by atoms with van der Waals surface area (Å²) in [5.41, 5.74) is 0. The lowest BCUT2D eigenvalue weighted by Crippen LogP contribution is -2.63. The minimum atomic E-state index is -1.50. The first-order valence-corrected chi connectivity index (χ1v) is 8.01. The van der Waals surface area contributed by atoms with Gasteiger partial charge < -0.3 is 9.67 Å². The molecule has 5 heteroatoms. The normalized spacial score (nSPS) is 16.3. The number of carboxylic acid groups (broad SMARTS) is 1. The largest absolute Gasteiger partial charge is 0.483 e. The average molecular weight is 231 g/mol. The second kappa shape index (κ2) is 4.79. The summed E-state index contributed by atoms with van der Waals surface area (Å²) >= 11 is 0. The van der Waals surface area contributed by atoms with Crippen LogP contribution < -0.4 is 0 Å². The maximum absolute atomic E-state index is 11.3. The van der Waals surface area contributed by atoms with Gasteiger partial charge in [-0.05, 0) is 5.04 Å². The van der Waals surface area contributed by atoms with E-state index in [1.807, 2.05) is 0 Å². The summed E-state index contributed by atoms with van der Waals surface area (Å²) in [5, 5.41) is 7.18. The molecule has 0 radical (unpaired) electrons. The predicted molar refractivity (Wildman–Crippen MR) is 62.2 cm³/mol. The molecule has 0 bridgehead atoms. The molecule has 15 heavy (non-hydrogen) atoms. The van der Waals surface area contributed by atoms with Crippen LogP contribution in [0.4, 0.5) is 0 Å². The molecule has 1 N–H and O–H groups in total. The zero-order valence-electron chi connectivity index (χ0n) is 10.2. The van der Waals surface area contributed by atoms with E-state index < -0.39 is 8.24 Å². The molecule has 1 aliphatic heterocycles. The SMILES string of the molecule is CC(C)(C)[Si](C)(C)N1CCC1=O.O=CO. The topological polar surface area (TPSA) is 57.6 Å². The third kappa shape index (κ3) is 3.05. The molecule has 1 fully saturated rings. The van der Waals surface area contributed by atoms with Gasteiger partial charge in [0.2, 0.25) is 5.91 Å². The van der Waals surface area contributed by atoms with Gasteiger partial charge in [0, 0.05) is 13.0 Å². The average Bonchev–Trinajstić information content (AvgIpc) is 2.00. The minimum absolute atomic E-state index is 0.250. The Balaban J connectivity index is 0.000000583. The third-order valence-electron chi connectivity index (χ3n) is 3.36. The Labute approximate surface area is 92.4 Å². The fourth-order valence-electron chi connectivity index (χ4n) is 1.31. The van der Waals surface area contributed by atoms with Crippen molar-refractivity contribution < 1.29 is 14.7 Å². The number of nitrogens with zero attached hydrogens (tertiary/aromatic N) is 1. The predicted octanol–water partition coefficient (Wildman–Crippen LogP) is 1.92. The highest BCUT2D eigenvalue weighted by atomic mass is 28.3. The van der Waals surface area contributed by atoms with E-state index in [0.29, 0.717) is 10.9 Å². The van der Waals surface area contributed by atoms with Gasteiger partial charge in [-0.15, -0.1) is 0 Å². The van der Waals surface area contributed by atoms with Gasteiger partial charge in [0.15, 0.2) is 8.24 Å². The molecule has 0 unspecified atom stereocenters. The lowest BCUT2D eigenvalue weighted by Gasteiger charge is -2.50. The van der Waals surface area contributed by atoms with Gasteiger partial charge in [0.05, 0.1) is 0 Å². The van der Waals surface area contributed by atoms with Crippen molar-refractivity contribution in [1.82, 2.24) is 4.57 Å². The second-order valence-electron chi connectivity index (χ2n) is 5.21. The molecule has 1 aliphatic rings. The van der Waals surface area contributed by atoms with E-state index in [2.05, 4.69) is 38.4 Å². The van der Waals surface area contributed by atoms with Crippen molar-refractivity contribution in [2.75, 3.05) is 6.54 Å². The second-order valence-corrected chi connectivity index (χ2v) is 10.4. The van der Waals surface area contributed by atoms with Crippen LogP contribution in [-0.2, 0) is 9.59 Å². The van der Waals surface area contributed by atoms with Gasteiger partial charge in [-0.25, -0.2) is 0 Å². The first-order valence-electron chi connectivity index (χ1n) is 5.07. The third-order valence-corrected chi connectivity index (χ3v) is 8.85. The summed E-state index contributed by atoms with van der Waals surface area (Å²) in [7, 11) is -1.50. The van der Waals surface area contributed by atoms with Gasteiger partial charge in [-0.2, -0.15) is 0 Å². The highest BCUT2D eigenvalue weighted by Crippen LogP contribution is 2.40. The fraction of sp³-hybridized carbons (Fsp3) is 0.800. The molecule has 1 rings (SSSR count). The Morgan fingerprint density at radius 1 is 1.40 bits per heavy atom. The number of rotatable bonds is 1. The van der Waals surface area contributed by atoms with Crippen LogP contribution >= 0.6 is 0 Å². The van der Waals surface area contributed by atoms with Crippen LogP contribution in [0.15, 0.2) is 0 Å². The molecule has 0 spiro atoms. The highest BCUT2D eigenvalue weighted by Gasteiger charge is 2.46. The van der Waals surface area contributed by atoms with Gasteiger partial charge in [-0.3, -0.25) is 9.59 Å². The molecule has 0 saturated carbocycles. The summed E-state index contributed by atoms with van der Waals surface area (Å²) in [5.74, 6) is 0.363. The van der Waals surface area contributed by atoms with E-state index in [9.17, 15) is 4.79 Å². The maximum atomic E-state index is 11.3. The summed E-state index contributed by atoms with van der Waals surface area (Å²) in [6, 6.07) is 0. The molecule has 0 atom stereocenters. The molecule has 0 aromatic heterocycles. The number of carbonyl (C=O) groups excluding carboxylic acids is 1. The Morgan fingerprint density at radius 3 is 1.87 bits per heavy atom. The molecule has 88 valence electrons. The molecule has 0 aliphatic carbocycles. The summed E-state index contributed by atoms with van der Waals surface area (Å²) in [6.07, 6.45) is 0.770. The number of amides is 1. The molecular weight excluding hydrogens is 210 g/mol. The number of hydrogen-bond acceptors (Lipinski definition) is 2. The Morgan fingerprint density at radius 2 is 1.80 bits per heavy atom. The molecule has 4 nitrogen and oxygen atoms in total. The Bertz CT molecular complexity index is 246. The molecular formula is C10H21NO3Si. The van der Waals surface area contributed by atoms with Crippen LogP contribution in [0.5, 0.6) is 0 Å². The van der Waals surface area contributed by atoms with Crippen LogP contribution in [0.3, 0.4) is 0 Å². The van der Waals surface area contributed by atoms with E-state index in [-0.39, 0.29) is 6.47 Å². The van der Waals surface area contributed by atoms with Crippen molar-refractivity contribution >= 4 is 20.6 Å². The Hall–Kier alpha value is -0.843. The summed E-state index contributed by atoms with van der Waals surface area (Å²) < 4.78 is 2.12. The van der Waals surface area contributed by atoms with Crippen LogP contribution in [0, 0.1) is 0 Å². The zero-order chi connectivity index (χ0) is 12.3. The van der Waals surface area contributed by atoms with Crippen molar-refractivity contribution in [2.24, 2.45) is 0 Å². The number of carbonyl (C=O) groups is 2. The van der Waals surface area contributed by atoms with E-state index >= 15 is 0 Å². The molecule has 0 aromatic rings. The minimum Gasteiger partial charge on any atom is -0.483 e. The van der Waals surface area contributed by atoms with Crippen molar-refractivity contribution in [3.63, 3.8) is 0 Å².